The van der Waals surface area contributed by atoms with E-state index in [-0.39, 0.29) is 11.3 Å². The number of imide groups is 2. The molecule has 188 valence electrons. The van der Waals surface area contributed by atoms with Gasteiger partial charge in [-0.2, -0.15) is 0 Å². The van der Waals surface area contributed by atoms with Crippen LogP contribution in [0.1, 0.15) is 23.6 Å². The summed E-state index contributed by atoms with van der Waals surface area (Å²) in [6.07, 6.45) is 3.64. The zero-order valence-electron chi connectivity index (χ0n) is 20.2. The van der Waals surface area contributed by atoms with E-state index in [4.69, 9.17) is 21.1 Å². The topological polar surface area (TPSA) is 84.9 Å². The van der Waals surface area contributed by atoms with Crippen molar-refractivity contribution in [2.24, 2.45) is 0 Å². The third kappa shape index (κ3) is 5.90. The van der Waals surface area contributed by atoms with Crippen LogP contribution in [0.3, 0.4) is 0 Å². The second-order valence-corrected chi connectivity index (χ2v) is 8.58. The Morgan fingerprint density at radius 2 is 1.73 bits per heavy atom. The molecule has 0 unspecified atom stereocenters. The predicted molar refractivity (Wildman–Crippen MR) is 143 cm³/mol. The summed E-state index contributed by atoms with van der Waals surface area (Å²) < 4.78 is 12.0. The fourth-order valence-electron chi connectivity index (χ4n) is 3.88. The van der Waals surface area contributed by atoms with Crippen LogP contribution < -0.4 is 19.7 Å². The Morgan fingerprint density at radius 1 is 1.00 bits per heavy atom. The number of urea groups is 1. The largest absolute Gasteiger partial charge is 0.490 e. The lowest BCUT2D eigenvalue weighted by Crippen LogP contribution is -2.54. The summed E-state index contributed by atoms with van der Waals surface area (Å²) >= 11 is 5.93. The van der Waals surface area contributed by atoms with E-state index >= 15 is 0 Å². The Bertz CT molecular complexity index is 1370. The highest BCUT2D eigenvalue weighted by Gasteiger charge is 2.36. The van der Waals surface area contributed by atoms with Crippen LogP contribution in [-0.2, 0) is 22.6 Å². The van der Waals surface area contributed by atoms with Gasteiger partial charge in [-0.05, 0) is 66.9 Å². The van der Waals surface area contributed by atoms with E-state index in [0.717, 1.165) is 16.0 Å². The quantitative estimate of drug-likeness (QED) is 0.223. The normalized spacial score (nSPS) is 14.5. The van der Waals surface area contributed by atoms with E-state index in [9.17, 15) is 14.4 Å². The number of benzene rings is 3. The van der Waals surface area contributed by atoms with E-state index in [1.807, 2.05) is 37.3 Å². The molecule has 0 spiro atoms. The minimum Gasteiger partial charge on any atom is -0.490 e. The molecule has 0 atom stereocenters. The zero-order valence-corrected chi connectivity index (χ0v) is 21.0. The average molecular weight is 517 g/mol. The number of amides is 4. The van der Waals surface area contributed by atoms with Gasteiger partial charge in [0.25, 0.3) is 11.8 Å². The molecule has 4 rings (SSSR count). The third-order valence-electron chi connectivity index (χ3n) is 5.54. The summed E-state index contributed by atoms with van der Waals surface area (Å²) in [5.74, 6) is -0.499. The van der Waals surface area contributed by atoms with Crippen LogP contribution in [0, 0.1) is 0 Å². The van der Waals surface area contributed by atoms with Gasteiger partial charge in [-0.25, -0.2) is 9.69 Å². The van der Waals surface area contributed by atoms with E-state index in [1.54, 1.807) is 30.3 Å². The van der Waals surface area contributed by atoms with Gasteiger partial charge in [0.15, 0.2) is 11.5 Å². The molecule has 1 fully saturated rings. The molecule has 3 aromatic rings. The van der Waals surface area contributed by atoms with E-state index < -0.39 is 17.8 Å². The second-order valence-electron chi connectivity index (χ2n) is 8.14. The van der Waals surface area contributed by atoms with Gasteiger partial charge in [-0.3, -0.25) is 14.9 Å². The van der Waals surface area contributed by atoms with Crippen LogP contribution >= 0.6 is 11.6 Å². The van der Waals surface area contributed by atoms with Crippen LogP contribution in [0.15, 0.2) is 85.0 Å². The van der Waals surface area contributed by atoms with Crippen LogP contribution in [-0.4, -0.2) is 24.5 Å². The molecule has 1 heterocycles. The average Bonchev–Trinajstić information content (AvgIpc) is 2.88. The third-order valence-corrected chi connectivity index (χ3v) is 5.79. The molecule has 1 N–H and O–H groups in total. The van der Waals surface area contributed by atoms with Gasteiger partial charge in [0.05, 0.1) is 12.3 Å². The van der Waals surface area contributed by atoms with Crippen LogP contribution in [0.2, 0.25) is 5.02 Å². The number of anilines is 1. The maximum Gasteiger partial charge on any atom is 0.335 e. The number of nitrogens with one attached hydrogen (secondary N) is 1. The zero-order chi connectivity index (χ0) is 26.4. The standard InChI is InChI=1S/C29H25ClN2O5/c1-3-8-21-15-20(17-25(36-4-2)26(21)37-18-19-9-6-5-7-10-19)16-24-27(33)31-29(35)32(28(24)34)23-13-11-22(30)12-14-23/h3,5-7,9-17H,1,4,8,18H2,2H3,(H,31,33,35)/b24-16+. The lowest BCUT2D eigenvalue weighted by Gasteiger charge is -2.26. The van der Waals surface area contributed by atoms with Gasteiger partial charge in [0.1, 0.15) is 12.2 Å². The number of carbonyl (C=O) groups is 3. The monoisotopic (exact) mass is 516 g/mol. The molecule has 0 aliphatic carbocycles. The number of hydrogen-bond acceptors (Lipinski definition) is 5. The van der Waals surface area contributed by atoms with E-state index in [1.165, 1.54) is 18.2 Å². The van der Waals surface area contributed by atoms with Gasteiger partial charge < -0.3 is 9.47 Å². The summed E-state index contributed by atoms with van der Waals surface area (Å²) in [5.41, 5.74) is 2.41. The first-order chi connectivity index (χ1) is 17.9. The molecule has 4 amide bonds. The maximum atomic E-state index is 13.3. The lowest BCUT2D eigenvalue weighted by molar-refractivity contribution is -0.122. The molecule has 0 saturated carbocycles. The van der Waals surface area contributed by atoms with E-state index in [2.05, 4.69) is 11.9 Å². The summed E-state index contributed by atoms with van der Waals surface area (Å²) in [5, 5.41) is 2.68. The van der Waals surface area contributed by atoms with Crippen LogP contribution in [0.4, 0.5) is 10.5 Å². The van der Waals surface area contributed by atoms with Crippen molar-refractivity contribution < 1.29 is 23.9 Å². The highest BCUT2D eigenvalue weighted by Crippen LogP contribution is 2.36. The van der Waals surface area contributed by atoms with Gasteiger partial charge in [-0.1, -0.05) is 48.0 Å². The molecule has 0 bridgehead atoms. The number of hydrogen-bond donors (Lipinski definition) is 1. The molecular weight excluding hydrogens is 492 g/mol. The highest BCUT2D eigenvalue weighted by atomic mass is 35.5. The number of allylic oxidation sites excluding steroid dienone is 1. The summed E-state index contributed by atoms with van der Waals surface area (Å²) in [6.45, 7) is 6.41. The second kappa shape index (κ2) is 11.6. The van der Waals surface area contributed by atoms with Gasteiger partial charge >= 0.3 is 6.03 Å². The summed E-state index contributed by atoms with van der Waals surface area (Å²) in [4.78, 5) is 39.3. The number of halogens is 1. The number of barbiturate groups is 1. The Labute approximate surface area is 219 Å². The first kappa shape index (κ1) is 25.7. The van der Waals surface area contributed by atoms with Gasteiger partial charge in [0, 0.05) is 10.6 Å². The molecule has 7 nitrogen and oxygen atoms in total. The van der Waals surface area contributed by atoms with Crippen LogP contribution in [0.5, 0.6) is 11.5 Å². The number of nitrogens with zero attached hydrogens (tertiary/aromatic N) is 1. The van der Waals surface area contributed by atoms with Gasteiger partial charge in [0.2, 0.25) is 0 Å². The first-order valence-electron chi connectivity index (χ1n) is 11.7. The Morgan fingerprint density at radius 3 is 2.41 bits per heavy atom. The minimum absolute atomic E-state index is 0.195. The fraction of sp³-hybridized carbons (Fsp3) is 0.138. The van der Waals surface area contributed by atoms with Crippen molar-refractivity contribution in [1.29, 1.82) is 0 Å². The summed E-state index contributed by atoms with van der Waals surface area (Å²) in [7, 11) is 0. The highest BCUT2D eigenvalue weighted by molar-refractivity contribution is 6.39. The molecule has 1 aliphatic rings. The SMILES string of the molecule is C=CCc1cc(/C=C2\C(=O)NC(=O)N(c3ccc(Cl)cc3)C2=O)cc(OCC)c1OCc1ccccc1. The predicted octanol–water partition coefficient (Wildman–Crippen LogP) is 5.71. The lowest BCUT2D eigenvalue weighted by atomic mass is 10.0. The Kier molecular flexibility index (Phi) is 8.05. The Hall–Kier alpha value is -4.36. The van der Waals surface area contributed by atoms with Crippen molar-refractivity contribution in [1.82, 2.24) is 5.32 Å². The molecule has 37 heavy (non-hydrogen) atoms. The van der Waals surface area contributed by atoms with Crippen molar-refractivity contribution in [2.45, 2.75) is 20.0 Å². The van der Waals surface area contributed by atoms with Crippen molar-refractivity contribution >= 4 is 41.2 Å². The fourth-order valence-corrected chi connectivity index (χ4v) is 4.01. The maximum absolute atomic E-state index is 13.3. The van der Waals surface area contributed by atoms with Gasteiger partial charge in [-0.15, -0.1) is 6.58 Å². The number of carbonyl (C=O) groups excluding carboxylic acids is 3. The minimum atomic E-state index is -0.832. The van der Waals surface area contributed by atoms with E-state index in [0.29, 0.717) is 41.7 Å². The van der Waals surface area contributed by atoms with Crippen LogP contribution in [0.25, 0.3) is 6.08 Å². The molecule has 0 aromatic heterocycles. The Balaban J connectivity index is 1.72. The molecule has 3 aromatic carbocycles. The van der Waals surface area contributed by atoms with Crippen molar-refractivity contribution in [3.05, 3.63) is 107 Å². The smallest absolute Gasteiger partial charge is 0.335 e. The number of ether oxygens (including phenoxy) is 2. The van der Waals surface area contributed by atoms with Crippen molar-refractivity contribution in [3.63, 3.8) is 0 Å². The summed E-state index contributed by atoms with van der Waals surface area (Å²) in [6, 6.07) is 18.6. The number of rotatable bonds is 9. The molecule has 8 heteroatoms. The molecule has 1 saturated heterocycles. The van der Waals surface area contributed by atoms with Crippen molar-refractivity contribution in [2.75, 3.05) is 11.5 Å². The molecule has 0 radical (unpaired) electrons. The first-order valence-corrected chi connectivity index (χ1v) is 12.0. The molecule has 1 aliphatic heterocycles. The molecular formula is C29H25ClN2O5. The van der Waals surface area contributed by atoms with Crippen molar-refractivity contribution in [3.8, 4) is 11.5 Å².